The van der Waals surface area contributed by atoms with Crippen molar-refractivity contribution in [2.24, 2.45) is 4.99 Å². The highest BCUT2D eigenvalue weighted by Gasteiger charge is 2.25. The molecule has 0 atom stereocenters. The van der Waals surface area contributed by atoms with E-state index < -0.39 is 0 Å². The Kier molecular flexibility index (Phi) is 6.66. The molecule has 0 unspecified atom stereocenters. The number of aromatic hydroxyl groups is 1. The lowest BCUT2D eigenvalue weighted by atomic mass is 9.78. The van der Waals surface area contributed by atoms with Gasteiger partial charge in [0.2, 0.25) is 0 Å². The van der Waals surface area contributed by atoms with E-state index in [1.54, 1.807) is 11.8 Å². The van der Waals surface area contributed by atoms with Crippen LogP contribution in [0.15, 0.2) is 81.5 Å². The molecule has 3 aromatic rings. The van der Waals surface area contributed by atoms with Crippen molar-refractivity contribution < 1.29 is 5.11 Å². The van der Waals surface area contributed by atoms with Crippen molar-refractivity contribution in [3.63, 3.8) is 0 Å². The summed E-state index contributed by atoms with van der Waals surface area (Å²) in [5.74, 6) is 0.329. The van der Waals surface area contributed by atoms with Gasteiger partial charge >= 0.3 is 0 Å². The lowest BCUT2D eigenvalue weighted by Crippen LogP contribution is -2.18. The maximum atomic E-state index is 11.2. The minimum Gasteiger partial charge on any atom is -0.507 e. The van der Waals surface area contributed by atoms with Crippen LogP contribution in [0.25, 0.3) is 0 Å². The van der Waals surface area contributed by atoms with Gasteiger partial charge in [-0.3, -0.25) is 4.99 Å². The van der Waals surface area contributed by atoms with Gasteiger partial charge < -0.3 is 5.11 Å². The van der Waals surface area contributed by atoms with Crippen molar-refractivity contribution in [3.05, 3.63) is 83.4 Å². The Labute approximate surface area is 191 Å². The first-order valence-electron chi connectivity index (χ1n) is 10.7. The molecule has 0 aliphatic heterocycles. The van der Waals surface area contributed by atoms with Gasteiger partial charge in [0.25, 0.3) is 0 Å². The third-order valence-electron chi connectivity index (χ3n) is 5.30. The molecule has 0 spiro atoms. The van der Waals surface area contributed by atoms with Crippen LogP contribution in [0.2, 0.25) is 0 Å². The second-order valence-electron chi connectivity index (χ2n) is 10.0. The van der Waals surface area contributed by atoms with Gasteiger partial charge in [-0.25, -0.2) is 0 Å². The number of rotatable bonds is 4. The van der Waals surface area contributed by atoms with E-state index in [2.05, 4.69) is 71.9 Å². The van der Waals surface area contributed by atoms with E-state index in [1.807, 2.05) is 43.3 Å². The molecule has 3 heteroatoms. The van der Waals surface area contributed by atoms with Crippen LogP contribution in [0.3, 0.4) is 0 Å². The molecule has 162 valence electrons. The van der Waals surface area contributed by atoms with Gasteiger partial charge in [0, 0.05) is 26.6 Å². The minimum atomic E-state index is -0.165. The van der Waals surface area contributed by atoms with Crippen molar-refractivity contribution in [1.29, 1.82) is 0 Å². The number of nitrogens with zero attached hydrogens (tertiary/aromatic N) is 1. The maximum Gasteiger partial charge on any atom is 0.128 e. The zero-order valence-corrected chi connectivity index (χ0v) is 20.5. The number of phenolic OH excluding ortho intramolecular Hbond substituents is 1. The van der Waals surface area contributed by atoms with E-state index in [0.29, 0.717) is 5.75 Å². The fraction of sp³-hybridized carbons (Fsp3) is 0.321. The van der Waals surface area contributed by atoms with Crippen LogP contribution in [-0.2, 0) is 10.8 Å². The van der Waals surface area contributed by atoms with E-state index >= 15 is 0 Å². The lowest BCUT2D eigenvalue weighted by Gasteiger charge is -2.27. The van der Waals surface area contributed by atoms with Gasteiger partial charge in [0.05, 0.1) is 5.69 Å². The van der Waals surface area contributed by atoms with Crippen LogP contribution >= 0.6 is 11.8 Å². The van der Waals surface area contributed by atoms with E-state index in [9.17, 15) is 5.11 Å². The third-order valence-corrected chi connectivity index (χ3v) is 6.37. The summed E-state index contributed by atoms with van der Waals surface area (Å²) in [5, 5.41) is 11.2. The summed E-state index contributed by atoms with van der Waals surface area (Å²) in [7, 11) is 0. The Morgan fingerprint density at radius 1 is 0.806 bits per heavy atom. The summed E-state index contributed by atoms with van der Waals surface area (Å²) in [6.45, 7) is 15.0. The van der Waals surface area contributed by atoms with Crippen molar-refractivity contribution in [1.82, 2.24) is 0 Å². The first-order valence-corrected chi connectivity index (χ1v) is 11.5. The highest BCUT2D eigenvalue weighted by atomic mass is 32.2. The number of aliphatic imine (C=N–C) groups is 1. The van der Waals surface area contributed by atoms with Gasteiger partial charge in [-0.2, -0.15) is 0 Å². The zero-order chi connectivity index (χ0) is 22.8. The van der Waals surface area contributed by atoms with E-state index in [1.165, 1.54) is 10.5 Å². The standard InChI is InChI=1S/C28H33NOS/c1-19(22-17-20(27(2,3)4)18-23(26(22)30)28(5,6)7)29-24-15-11-12-16-25(24)31-21-13-9-8-10-14-21/h8-18,30H,1-7H3. The quantitative estimate of drug-likeness (QED) is 0.421. The Bertz CT molecular complexity index is 1090. The molecule has 31 heavy (non-hydrogen) atoms. The molecule has 0 aromatic heterocycles. The van der Waals surface area contributed by atoms with Crippen LogP contribution in [0.5, 0.6) is 5.75 Å². The smallest absolute Gasteiger partial charge is 0.128 e. The summed E-state index contributed by atoms with van der Waals surface area (Å²) in [4.78, 5) is 7.24. The van der Waals surface area contributed by atoms with Crippen LogP contribution in [-0.4, -0.2) is 10.8 Å². The molecule has 0 saturated heterocycles. The molecule has 3 rings (SSSR count). The van der Waals surface area contributed by atoms with Gasteiger partial charge in [0.1, 0.15) is 5.75 Å². The van der Waals surface area contributed by atoms with Gasteiger partial charge in [-0.05, 0) is 53.6 Å². The number of para-hydroxylation sites is 1. The molecular formula is C28H33NOS. The zero-order valence-electron chi connectivity index (χ0n) is 19.7. The number of phenols is 1. The van der Waals surface area contributed by atoms with Crippen LogP contribution < -0.4 is 0 Å². The maximum absolute atomic E-state index is 11.2. The minimum absolute atomic E-state index is 0.0240. The Balaban J connectivity index is 2.10. The fourth-order valence-corrected chi connectivity index (χ4v) is 4.32. The molecule has 3 aromatic carbocycles. The summed E-state index contributed by atoms with van der Waals surface area (Å²) in [6.07, 6.45) is 0. The second kappa shape index (κ2) is 8.92. The molecule has 0 aliphatic carbocycles. The predicted molar refractivity (Wildman–Crippen MR) is 134 cm³/mol. The van der Waals surface area contributed by atoms with Gasteiger partial charge in [-0.15, -0.1) is 0 Å². The van der Waals surface area contributed by atoms with Crippen molar-refractivity contribution in [2.45, 2.75) is 69.1 Å². The molecular weight excluding hydrogens is 398 g/mol. The predicted octanol–water partition coefficient (Wildman–Crippen LogP) is 8.28. The molecule has 1 N–H and O–H groups in total. The highest BCUT2D eigenvalue weighted by Crippen LogP contribution is 2.39. The summed E-state index contributed by atoms with van der Waals surface area (Å²) < 4.78 is 0. The number of benzene rings is 3. The van der Waals surface area contributed by atoms with E-state index in [0.717, 1.165) is 27.4 Å². The highest BCUT2D eigenvalue weighted by molar-refractivity contribution is 7.99. The average molecular weight is 432 g/mol. The Morgan fingerprint density at radius 2 is 1.42 bits per heavy atom. The summed E-state index contributed by atoms with van der Waals surface area (Å²) >= 11 is 1.70. The molecule has 0 bridgehead atoms. The summed E-state index contributed by atoms with van der Waals surface area (Å²) in [5.41, 5.74) is 4.49. The number of hydrogen-bond acceptors (Lipinski definition) is 3. The monoisotopic (exact) mass is 431 g/mol. The topological polar surface area (TPSA) is 32.6 Å². The molecule has 2 nitrogen and oxygen atoms in total. The van der Waals surface area contributed by atoms with Crippen LogP contribution in [0, 0.1) is 0 Å². The second-order valence-corrected chi connectivity index (χ2v) is 11.1. The van der Waals surface area contributed by atoms with Gasteiger partial charge in [0.15, 0.2) is 0 Å². The Hall–Kier alpha value is -2.52. The van der Waals surface area contributed by atoms with Crippen LogP contribution in [0.4, 0.5) is 5.69 Å². The average Bonchev–Trinajstić information content (AvgIpc) is 2.68. The first kappa shape index (κ1) is 23.1. The largest absolute Gasteiger partial charge is 0.507 e. The summed E-state index contributed by atoms with van der Waals surface area (Å²) in [6, 6.07) is 22.7. The molecule has 0 saturated carbocycles. The SMILES string of the molecule is CC(=Nc1ccccc1Sc1ccccc1)c1cc(C(C)(C)C)cc(C(C)(C)C)c1O. The molecule has 0 aliphatic rings. The number of hydrogen-bond donors (Lipinski definition) is 1. The fourth-order valence-electron chi connectivity index (χ4n) is 3.41. The van der Waals surface area contributed by atoms with Crippen molar-refractivity contribution >= 4 is 23.2 Å². The first-order chi connectivity index (χ1) is 14.5. The molecule has 0 fully saturated rings. The third kappa shape index (κ3) is 5.59. The normalized spacial score (nSPS) is 12.8. The van der Waals surface area contributed by atoms with E-state index in [4.69, 9.17) is 4.99 Å². The lowest BCUT2D eigenvalue weighted by molar-refractivity contribution is 0.443. The van der Waals surface area contributed by atoms with Crippen LogP contribution in [0.1, 0.15) is 65.2 Å². The Morgan fingerprint density at radius 3 is 2.03 bits per heavy atom. The molecule has 0 heterocycles. The molecule has 0 amide bonds. The molecule has 0 radical (unpaired) electrons. The van der Waals surface area contributed by atoms with Gasteiger partial charge in [-0.1, -0.05) is 89.7 Å². The van der Waals surface area contributed by atoms with E-state index in [-0.39, 0.29) is 10.8 Å². The van der Waals surface area contributed by atoms with Crippen molar-refractivity contribution in [2.75, 3.05) is 0 Å². The van der Waals surface area contributed by atoms with Crippen molar-refractivity contribution in [3.8, 4) is 5.75 Å².